The van der Waals surface area contributed by atoms with E-state index in [1.54, 1.807) is 0 Å². The number of hydrogen-bond acceptors (Lipinski definition) is 4. The molecule has 1 aliphatic heterocycles. The molecule has 1 saturated carbocycles. The molecule has 3 rings (SSSR count). The molecular formula is C14H21N3OS. The van der Waals surface area contributed by atoms with E-state index >= 15 is 0 Å². The Labute approximate surface area is 118 Å². The molecule has 2 heterocycles. The van der Waals surface area contributed by atoms with Gasteiger partial charge in [0.1, 0.15) is 12.3 Å². The maximum absolute atomic E-state index is 5.56. The first-order valence-corrected chi connectivity index (χ1v) is 8.07. The van der Waals surface area contributed by atoms with Crippen LogP contribution in [0, 0.1) is 19.8 Å². The Balaban J connectivity index is 1.61. The summed E-state index contributed by atoms with van der Waals surface area (Å²) in [6, 6.07) is 0.641. The van der Waals surface area contributed by atoms with Crippen molar-refractivity contribution < 1.29 is 4.42 Å². The first-order valence-electron chi connectivity index (χ1n) is 7.09. The molecule has 2 aliphatic rings. The maximum atomic E-state index is 5.56. The van der Waals surface area contributed by atoms with Gasteiger partial charge in [0.15, 0.2) is 5.17 Å². The highest BCUT2D eigenvalue weighted by Gasteiger charge is 2.30. The molecule has 4 nitrogen and oxygen atoms in total. The van der Waals surface area contributed by atoms with E-state index in [9.17, 15) is 0 Å². The minimum absolute atomic E-state index is 0.543. The van der Waals surface area contributed by atoms with E-state index in [-0.39, 0.29) is 0 Å². The maximum Gasteiger partial charge on any atom is 0.216 e. The van der Waals surface area contributed by atoms with E-state index in [4.69, 9.17) is 4.42 Å². The van der Waals surface area contributed by atoms with Crippen molar-refractivity contribution in [3.05, 3.63) is 17.3 Å². The lowest BCUT2D eigenvalue weighted by Crippen LogP contribution is -2.46. The Kier molecular flexibility index (Phi) is 3.82. The summed E-state index contributed by atoms with van der Waals surface area (Å²) < 4.78 is 5.56. The highest BCUT2D eigenvalue weighted by molar-refractivity contribution is 8.13. The van der Waals surface area contributed by atoms with E-state index in [0.29, 0.717) is 12.6 Å². The van der Waals surface area contributed by atoms with Crippen LogP contribution < -0.4 is 5.32 Å². The van der Waals surface area contributed by atoms with Crippen LogP contribution >= 0.6 is 11.8 Å². The fraction of sp³-hybridized carbons (Fsp3) is 0.714. The smallest absolute Gasteiger partial charge is 0.216 e. The van der Waals surface area contributed by atoms with Crippen LogP contribution in [0.5, 0.6) is 0 Å². The second-order valence-electron chi connectivity index (χ2n) is 5.48. The zero-order valence-corrected chi connectivity index (χ0v) is 12.4. The Bertz CT molecular complexity index is 464. The number of aryl methyl sites for hydroxylation is 2. The molecule has 104 valence electrons. The number of nitrogens with one attached hydrogen (secondary N) is 1. The third-order valence-corrected chi connectivity index (χ3v) is 5.20. The molecule has 1 aliphatic carbocycles. The lowest BCUT2D eigenvalue weighted by molar-refractivity contribution is 0.311. The number of nitrogens with zero attached hydrogens (tertiary/aromatic N) is 2. The van der Waals surface area contributed by atoms with Crippen LogP contribution in [0.25, 0.3) is 0 Å². The van der Waals surface area contributed by atoms with E-state index in [1.807, 2.05) is 25.6 Å². The van der Waals surface area contributed by atoms with Gasteiger partial charge in [0.05, 0.1) is 5.69 Å². The minimum atomic E-state index is 0.543. The topological polar surface area (TPSA) is 50.4 Å². The van der Waals surface area contributed by atoms with Gasteiger partial charge in [-0.1, -0.05) is 24.6 Å². The monoisotopic (exact) mass is 279 g/mol. The van der Waals surface area contributed by atoms with Gasteiger partial charge in [-0.2, -0.15) is 0 Å². The number of fused-ring (bicyclic) bond motifs is 1. The normalized spacial score (nSPS) is 29.1. The summed E-state index contributed by atoms with van der Waals surface area (Å²) >= 11 is 1.85. The summed E-state index contributed by atoms with van der Waals surface area (Å²) in [7, 11) is 0. The predicted molar refractivity (Wildman–Crippen MR) is 78.5 cm³/mol. The SMILES string of the molecule is Cc1nc(CN=C2NC3CCCCC3CS2)oc1C. The number of oxazole rings is 1. The molecule has 1 N–H and O–H groups in total. The summed E-state index contributed by atoms with van der Waals surface area (Å²) in [5, 5.41) is 4.66. The van der Waals surface area contributed by atoms with Gasteiger partial charge < -0.3 is 9.73 Å². The van der Waals surface area contributed by atoms with Gasteiger partial charge in [0, 0.05) is 11.8 Å². The van der Waals surface area contributed by atoms with Gasteiger partial charge in [-0.05, 0) is 32.6 Å². The quantitative estimate of drug-likeness (QED) is 0.904. The van der Waals surface area contributed by atoms with E-state index in [0.717, 1.165) is 28.4 Å². The van der Waals surface area contributed by atoms with Crippen LogP contribution in [0.3, 0.4) is 0 Å². The molecule has 0 aromatic carbocycles. The number of thioether (sulfide) groups is 1. The van der Waals surface area contributed by atoms with Crippen LogP contribution in [0.1, 0.15) is 43.0 Å². The third-order valence-electron chi connectivity index (χ3n) is 4.08. The zero-order valence-electron chi connectivity index (χ0n) is 11.6. The Hall–Kier alpha value is -0.970. The molecule has 0 spiro atoms. The van der Waals surface area contributed by atoms with Crippen LogP contribution in [-0.4, -0.2) is 21.9 Å². The first-order chi connectivity index (χ1) is 9.22. The molecule has 0 amide bonds. The Morgan fingerprint density at radius 1 is 1.37 bits per heavy atom. The molecule has 19 heavy (non-hydrogen) atoms. The Morgan fingerprint density at radius 2 is 2.21 bits per heavy atom. The average Bonchev–Trinajstić information content (AvgIpc) is 2.75. The van der Waals surface area contributed by atoms with Crippen molar-refractivity contribution in [2.24, 2.45) is 10.9 Å². The number of hydrogen-bond donors (Lipinski definition) is 1. The zero-order chi connectivity index (χ0) is 13.2. The van der Waals surface area contributed by atoms with Crippen molar-refractivity contribution in [3.8, 4) is 0 Å². The van der Waals surface area contributed by atoms with Crippen molar-refractivity contribution in [2.75, 3.05) is 5.75 Å². The molecule has 1 saturated heterocycles. The number of rotatable bonds is 2. The predicted octanol–water partition coefficient (Wildman–Crippen LogP) is 3.04. The molecule has 1 aromatic rings. The summed E-state index contributed by atoms with van der Waals surface area (Å²) in [5.41, 5.74) is 0.965. The fourth-order valence-corrected chi connectivity index (χ4v) is 3.98. The van der Waals surface area contributed by atoms with Crippen LogP contribution in [0.4, 0.5) is 0 Å². The van der Waals surface area contributed by atoms with Gasteiger partial charge in [-0.25, -0.2) is 4.98 Å². The van der Waals surface area contributed by atoms with Crippen LogP contribution in [0.2, 0.25) is 0 Å². The van der Waals surface area contributed by atoms with Gasteiger partial charge in [-0.3, -0.25) is 4.99 Å². The standard InChI is InChI=1S/C14H21N3OS/c1-9-10(2)18-13(16-9)7-15-14-17-12-6-4-3-5-11(12)8-19-14/h11-12H,3-8H2,1-2H3,(H,15,17). The van der Waals surface area contributed by atoms with Gasteiger partial charge in [-0.15, -0.1) is 0 Å². The van der Waals surface area contributed by atoms with Crippen LogP contribution in [-0.2, 0) is 6.54 Å². The van der Waals surface area contributed by atoms with Gasteiger partial charge >= 0.3 is 0 Å². The minimum Gasteiger partial charge on any atom is -0.444 e. The molecule has 2 atom stereocenters. The van der Waals surface area contributed by atoms with Gasteiger partial charge in [0.2, 0.25) is 5.89 Å². The molecular weight excluding hydrogens is 258 g/mol. The van der Waals surface area contributed by atoms with Crippen molar-refractivity contribution in [2.45, 2.75) is 52.1 Å². The molecule has 0 radical (unpaired) electrons. The number of amidine groups is 1. The molecule has 0 bridgehead atoms. The number of aliphatic imine (C=N–C) groups is 1. The summed E-state index contributed by atoms with van der Waals surface area (Å²) in [6.07, 6.45) is 5.41. The molecule has 1 aromatic heterocycles. The highest BCUT2D eigenvalue weighted by atomic mass is 32.2. The molecule has 2 unspecified atom stereocenters. The van der Waals surface area contributed by atoms with E-state index in [2.05, 4.69) is 15.3 Å². The highest BCUT2D eigenvalue weighted by Crippen LogP contribution is 2.31. The average molecular weight is 279 g/mol. The van der Waals surface area contributed by atoms with Crippen molar-refractivity contribution in [1.82, 2.24) is 10.3 Å². The van der Waals surface area contributed by atoms with E-state index in [1.165, 1.54) is 31.4 Å². The van der Waals surface area contributed by atoms with Crippen molar-refractivity contribution in [3.63, 3.8) is 0 Å². The lowest BCUT2D eigenvalue weighted by Gasteiger charge is -2.36. The summed E-state index contributed by atoms with van der Waals surface area (Å²) in [5.74, 6) is 3.66. The van der Waals surface area contributed by atoms with Crippen LogP contribution in [0.15, 0.2) is 9.41 Å². The van der Waals surface area contributed by atoms with Crippen molar-refractivity contribution in [1.29, 1.82) is 0 Å². The summed E-state index contributed by atoms with van der Waals surface area (Å²) in [6.45, 7) is 4.45. The lowest BCUT2D eigenvalue weighted by atomic mass is 9.86. The fourth-order valence-electron chi connectivity index (χ4n) is 2.82. The third kappa shape index (κ3) is 2.96. The largest absolute Gasteiger partial charge is 0.444 e. The Morgan fingerprint density at radius 3 is 3.00 bits per heavy atom. The number of aromatic nitrogens is 1. The molecule has 5 heteroatoms. The second-order valence-corrected chi connectivity index (χ2v) is 6.49. The van der Waals surface area contributed by atoms with Crippen molar-refractivity contribution >= 4 is 16.9 Å². The first kappa shape index (κ1) is 13.0. The molecule has 2 fully saturated rings. The summed E-state index contributed by atoms with van der Waals surface area (Å²) in [4.78, 5) is 8.98. The van der Waals surface area contributed by atoms with Gasteiger partial charge in [0.25, 0.3) is 0 Å². The van der Waals surface area contributed by atoms with E-state index < -0.39 is 0 Å². The second kappa shape index (κ2) is 5.57.